The zero-order chi connectivity index (χ0) is 21.0. The summed E-state index contributed by atoms with van der Waals surface area (Å²) in [5, 5.41) is 11.8. The zero-order valence-electron chi connectivity index (χ0n) is 17.2. The number of hydrogen-bond acceptors (Lipinski definition) is 5. The Hall–Kier alpha value is -1.63. The first-order valence-corrected chi connectivity index (χ1v) is 10.6. The van der Waals surface area contributed by atoms with Crippen molar-refractivity contribution >= 4 is 21.9 Å². The van der Waals surface area contributed by atoms with Gasteiger partial charge in [-0.15, -0.1) is 0 Å². The maximum atomic E-state index is 12.1. The summed E-state index contributed by atoms with van der Waals surface area (Å²) in [6.07, 6.45) is 0.899. The molecule has 7 heteroatoms. The molecule has 0 aromatic heterocycles. The van der Waals surface area contributed by atoms with Crippen LogP contribution in [-0.4, -0.2) is 30.1 Å². The average molecular weight is 456 g/mol. The summed E-state index contributed by atoms with van der Waals surface area (Å²) in [7, 11) is 1.62. The Balaban J connectivity index is 2.15. The Labute approximate surface area is 175 Å². The third kappa shape index (κ3) is 5.46. The van der Waals surface area contributed by atoms with Crippen LogP contribution >= 0.6 is 15.9 Å². The maximum Gasteiger partial charge on any atom is 0.309 e. The van der Waals surface area contributed by atoms with E-state index in [1.807, 2.05) is 32.0 Å². The molecule has 0 saturated carbocycles. The normalized spacial score (nSPS) is 21.6. The molecule has 0 spiro atoms. The van der Waals surface area contributed by atoms with Gasteiger partial charge in [-0.05, 0) is 57.8 Å². The minimum Gasteiger partial charge on any atom is -0.496 e. The predicted octanol–water partition coefficient (Wildman–Crippen LogP) is 4.90. The van der Waals surface area contributed by atoms with Crippen molar-refractivity contribution in [1.82, 2.24) is 0 Å². The molecule has 2 unspecified atom stereocenters. The van der Waals surface area contributed by atoms with Crippen LogP contribution in [0.5, 0.6) is 5.75 Å². The van der Waals surface area contributed by atoms with E-state index in [1.54, 1.807) is 7.11 Å². The molecule has 0 aliphatic carbocycles. The van der Waals surface area contributed by atoms with Crippen molar-refractivity contribution in [1.29, 1.82) is 0 Å². The summed E-state index contributed by atoms with van der Waals surface area (Å²) < 4.78 is 11.6. The second-order valence-electron chi connectivity index (χ2n) is 8.33. The van der Waals surface area contributed by atoms with Crippen molar-refractivity contribution in [3.63, 3.8) is 0 Å². The number of methoxy groups -OCH3 is 1. The Bertz CT molecular complexity index is 706. The van der Waals surface area contributed by atoms with Gasteiger partial charge in [0, 0.05) is 17.8 Å². The lowest BCUT2D eigenvalue weighted by Gasteiger charge is -2.25. The first-order chi connectivity index (χ1) is 13.1. The van der Waals surface area contributed by atoms with Gasteiger partial charge in [-0.1, -0.05) is 33.8 Å². The van der Waals surface area contributed by atoms with Crippen LogP contribution in [-0.2, 0) is 16.0 Å². The fraction of sp³-hybridized carbons (Fsp3) is 0.667. The lowest BCUT2D eigenvalue weighted by atomic mass is 9.82. The molecule has 0 bridgehead atoms. The average Bonchev–Trinajstić information content (AvgIpc) is 2.99. The van der Waals surface area contributed by atoms with Crippen LogP contribution in [0.25, 0.3) is 0 Å². The highest BCUT2D eigenvalue weighted by Gasteiger charge is 2.46. The third-order valence-electron chi connectivity index (χ3n) is 5.76. The zero-order valence-corrected chi connectivity index (χ0v) is 18.8. The molecule has 0 radical (unpaired) electrons. The van der Waals surface area contributed by atoms with E-state index in [9.17, 15) is 14.9 Å². The standard InChI is InChI=1S/C21H30BrNO5/c1-12(2)15(8-14-6-7-19(27-5)17(22)9-14)10-18(23(25)26)20-11-16(13(3)4)21(24)28-20/h6-7,9,12-13,15-16,18,20H,8,10-11H2,1-5H3/t15-,16?,18-,20?/m0/s1. The molecule has 1 fully saturated rings. The van der Waals surface area contributed by atoms with Gasteiger partial charge in [0.05, 0.1) is 17.5 Å². The summed E-state index contributed by atoms with van der Waals surface area (Å²) in [4.78, 5) is 23.6. The van der Waals surface area contributed by atoms with Gasteiger partial charge in [0.25, 0.3) is 0 Å². The van der Waals surface area contributed by atoms with Gasteiger partial charge in [-0.2, -0.15) is 0 Å². The molecule has 0 N–H and O–H groups in total. The van der Waals surface area contributed by atoms with Crippen LogP contribution in [0, 0.1) is 33.8 Å². The lowest BCUT2D eigenvalue weighted by molar-refractivity contribution is -0.535. The number of esters is 1. The summed E-state index contributed by atoms with van der Waals surface area (Å²) in [6.45, 7) is 8.07. The third-order valence-corrected chi connectivity index (χ3v) is 6.38. The van der Waals surface area contributed by atoms with E-state index in [1.165, 1.54) is 0 Å². The summed E-state index contributed by atoms with van der Waals surface area (Å²) >= 11 is 3.50. The number of carbonyl (C=O) groups is 1. The predicted molar refractivity (Wildman–Crippen MR) is 111 cm³/mol. The van der Waals surface area contributed by atoms with Crippen LogP contribution < -0.4 is 4.74 Å². The number of halogens is 1. The van der Waals surface area contributed by atoms with E-state index in [4.69, 9.17) is 9.47 Å². The first-order valence-electron chi connectivity index (χ1n) is 9.80. The van der Waals surface area contributed by atoms with Crippen LogP contribution in [0.1, 0.15) is 46.1 Å². The van der Waals surface area contributed by atoms with Crippen molar-refractivity contribution in [3.8, 4) is 5.75 Å². The number of rotatable bonds is 9. The molecule has 2 rings (SSSR count). The summed E-state index contributed by atoms with van der Waals surface area (Å²) in [5.41, 5.74) is 1.09. The van der Waals surface area contributed by atoms with E-state index in [2.05, 4.69) is 29.8 Å². The number of hydrogen-bond donors (Lipinski definition) is 0. The monoisotopic (exact) mass is 455 g/mol. The van der Waals surface area contributed by atoms with Crippen molar-refractivity contribution in [2.45, 2.75) is 59.1 Å². The van der Waals surface area contributed by atoms with Gasteiger partial charge in [-0.25, -0.2) is 0 Å². The number of cyclic esters (lactones) is 1. The molecule has 6 nitrogen and oxygen atoms in total. The van der Waals surface area contributed by atoms with Gasteiger partial charge in [0.15, 0.2) is 6.10 Å². The first kappa shape index (κ1) is 22.7. The van der Waals surface area contributed by atoms with Crippen LogP contribution in [0.15, 0.2) is 22.7 Å². The largest absolute Gasteiger partial charge is 0.496 e. The van der Waals surface area contributed by atoms with E-state index in [-0.39, 0.29) is 34.6 Å². The van der Waals surface area contributed by atoms with E-state index < -0.39 is 12.1 Å². The molecule has 1 saturated heterocycles. The van der Waals surface area contributed by atoms with Crippen LogP contribution in [0.2, 0.25) is 0 Å². The maximum absolute atomic E-state index is 12.1. The number of carbonyl (C=O) groups excluding carboxylic acids is 1. The Kier molecular flexibility index (Phi) is 7.87. The second kappa shape index (κ2) is 9.72. The lowest BCUT2D eigenvalue weighted by Crippen LogP contribution is -2.37. The summed E-state index contributed by atoms with van der Waals surface area (Å²) in [5.74, 6) is 0.705. The SMILES string of the molecule is COc1ccc(C[C@@H](C[C@@H](C2CC(C(C)C)C(=O)O2)[N+](=O)[O-])C(C)C)cc1Br. The minimum absolute atomic E-state index is 0.104. The number of nitro groups is 1. The molecule has 1 aliphatic rings. The molecule has 28 heavy (non-hydrogen) atoms. The van der Waals surface area contributed by atoms with Crippen molar-refractivity contribution in [2.24, 2.45) is 23.7 Å². The molecule has 1 aromatic rings. The van der Waals surface area contributed by atoms with Crippen molar-refractivity contribution < 1.29 is 19.2 Å². The van der Waals surface area contributed by atoms with Crippen LogP contribution in [0.4, 0.5) is 0 Å². The molecule has 1 aliphatic heterocycles. The quantitative estimate of drug-likeness (QED) is 0.300. The molecule has 1 heterocycles. The van der Waals surface area contributed by atoms with E-state index >= 15 is 0 Å². The van der Waals surface area contributed by atoms with Crippen molar-refractivity contribution in [3.05, 3.63) is 38.3 Å². The molecular weight excluding hydrogens is 426 g/mol. The highest BCUT2D eigenvalue weighted by Crippen LogP contribution is 2.34. The smallest absolute Gasteiger partial charge is 0.309 e. The topological polar surface area (TPSA) is 78.7 Å². The van der Waals surface area contributed by atoms with Gasteiger partial charge >= 0.3 is 5.97 Å². The Morgan fingerprint density at radius 2 is 2.00 bits per heavy atom. The molecular formula is C21H30BrNO5. The van der Waals surface area contributed by atoms with Crippen molar-refractivity contribution in [2.75, 3.05) is 7.11 Å². The number of ether oxygens (including phenoxy) is 2. The molecule has 4 atom stereocenters. The van der Waals surface area contributed by atoms with E-state index in [0.29, 0.717) is 12.8 Å². The van der Waals surface area contributed by atoms with Gasteiger partial charge in [-0.3, -0.25) is 14.9 Å². The number of nitrogens with zero attached hydrogens (tertiary/aromatic N) is 1. The van der Waals surface area contributed by atoms with Crippen LogP contribution in [0.3, 0.4) is 0 Å². The van der Waals surface area contributed by atoms with Gasteiger partial charge in [0.2, 0.25) is 6.04 Å². The molecule has 1 aromatic carbocycles. The summed E-state index contributed by atoms with van der Waals surface area (Å²) in [6, 6.07) is 5.01. The molecule has 0 amide bonds. The fourth-order valence-corrected chi connectivity index (χ4v) is 4.41. The number of benzene rings is 1. The fourth-order valence-electron chi connectivity index (χ4n) is 3.83. The minimum atomic E-state index is -0.873. The second-order valence-corrected chi connectivity index (χ2v) is 9.18. The van der Waals surface area contributed by atoms with Gasteiger partial charge < -0.3 is 9.47 Å². The highest BCUT2D eigenvalue weighted by atomic mass is 79.9. The molecule has 156 valence electrons. The highest BCUT2D eigenvalue weighted by molar-refractivity contribution is 9.10. The van der Waals surface area contributed by atoms with E-state index in [0.717, 1.165) is 22.2 Å². The Morgan fingerprint density at radius 1 is 1.32 bits per heavy atom. The Morgan fingerprint density at radius 3 is 2.46 bits per heavy atom. The van der Waals surface area contributed by atoms with Gasteiger partial charge in [0.1, 0.15) is 5.75 Å².